The lowest BCUT2D eigenvalue weighted by Crippen LogP contribution is -2.41. The summed E-state index contributed by atoms with van der Waals surface area (Å²) in [6.07, 6.45) is 4.23. The molecule has 3 N–H and O–H groups in total. The van der Waals surface area contributed by atoms with Gasteiger partial charge in [0.1, 0.15) is 6.04 Å². The fraction of sp³-hybridized carbons (Fsp3) is 0.333. The van der Waals surface area contributed by atoms with E-state index in [0.717, 1.165) is 31.2 Å². The zero-order chi connectivity index (χ0) is 22.9. The zero-order valence-corrected chi connectivity index (χ0v) is 18.5. The Labute approximate surface area is 189 Å². The second kappa shape index (κ2) is 11.4. The quantitative estimate of drug-likeness (QED) is 0.375. The van der Waals surface area contributed by atoms with Crippen LogP contribution in [0.4, 0.5) is 0 Å². The fourth-order valence-corrected chi connectivity index (χ4v) is 4.07. The lowest BCUT2D eigenvalue weighted by atomic mass is 9.90. The number of rotatable bonds is 11. The Morgan fingerprint density at radius 3 is 2.34 bits per heavy atom. The molecule has 3 aromatic carbocycles. The molecule has 0 radical (unpaired) electrons. The zero-order valence-electron chi connectivity index (χ0n) is 18.5. The Kier molecular flexibility index (Phi) is 8.40. The number of carboxylic acid groups (broad SMARTS) is 1. The third kappa shape index (κ3) is 6.17. The van der Waals surface area contributed by atoms with Gasteiger partial charge in [-0.3, -0.25) is 4.79 Å². The first-order chi connectivity index (χ1) is 15.5. The van der Waals surface area contributed by atoms with Gasteiger partial charge in [-0.1, -0.05) is 67.9 Å². The molecule has 2 atom stereocenters. The van der Waals surface area contributed by atoms with Gasteiger partial charge in [0.15, 0.2) is 0 Å². The van der Waals surface area contributed by atoms with Crippen molar-refractivity contribution in [3.63, 3.8) is 0 Å². The van der Waals surface area contributed by atoms with Crippen LogP contribution < -0.4 is 5.32 Å². The molecule has 168 valence electrons. The lowest BCUT2D eigenvalue weighted by molar-refractivity contribution is -0.139. The molecule has 32 heavy (non-hydrogen) atoms. The van der Waals surface area contributed by atoms with Gasteiger partial charge < -0.3 is 15.5 Å². The van der Waals surface area contributed by atoms with Gasteiger partial charge in [-0.05, 0) is 59.2 Å². The van der Waals surface area contributed by atoms with Gasteiger partial charge in [-0.25, -0.2) is 4.79 Å². The number of hydrogen-bond acceptors (Lipinski definition) is 3. The summed E-state index contributed by atoms with van der Waals surface area (Å²) < 4.78 is 0. The summed E-state index contributed by atoms with van der Waals surface area (Å²) in [5.74, 6) is -1.10. The van der Waals surface area contributed by atoms with Crippen molar-refractivity contribution in [3.05, 3.63) is 83.4 Å². The SMILES string of the molecule is C[C@@H](CCCCc1ccc(C(=O)N[C@H](CCO)C(=O)O)cc1)c1cccc2ccccc12. The second-order valence-corrected chi connectivity index (χ2v) is 8.29. The maximum atomic E-state index is 12.3. The molecular weight excluding hydrogens is 402 g/mol. The molecule has 0 aliphatic carbocycles. The Balaban J connectivity index is 1.48. The number of fused-ring (bicyclic) bond motifs is 1. The van der Waals surface area contributed by atoms with Crippen LogP contribution in [0.1, 0.15) is 60.0 Å². The number of hydrogen-bond donors (Lipinski definition) is 3. The number of nitrogens with one attached hydrogen (secondary N) is 1. The minimum atomic E-state index is -1.15. The first kappa shape index (κ1) is 23.5. The van der Waals surface area contributed by atoms with E-state index in [1.807, 2.05) is 12.1 Å². The number of amides is 1. The molecule has 0 bridgehead atoms. The van der Waals surface area contributed by atoms with Crippen LogP contribution in [0, 0.1) is 0 Å². The highest BCUT2D eigenvalue weighted by Crippen LogP contribution is 2.29. The molecular formula is C27H31NO4. The topological polar surface area (TPSA) is 86.6 Å². The van der Waals surface area contributed by atoms with Crippen molar-refractivity contribution >= 4 is 22.6 Å². The average molecular weight is 434 g/mol. The predicted molar refractivity (Wildman–Crippen MR) is 127 cm³/mol. The van der Waals surface area contributed by atoms with E-state index in [4.69, 9.17) is 10.2 Å². The molecule has 0 unspecified atom stereocenters. The first-order valence-corrected chi connectivity index (χ1v) is 11.2. The van der Waals surface area contributed by atoms with Crippen LogP contribution in [0.3, 0.4) is 0 Å². The Bertz CT molecular complexity index is 1040. The summed E-state index contributed by atoms with van der Waals surface area (Å²) in [4.78, 5) is 23.4. The van der Waals surface area contributed by atoms with E-state index in [0.29, 0.717) is 11.5 Å². The molecule has 0 aromatic heterocycles. The third-order valence-corrected chi connectivity index (χ3v) is 5.94. The molecule has 0 saturated carbocycles. The maximum Gasteiger partial charge on any atom is 0.326 e. The van der Waals surface area contributed by atoms with Crippen molar-refractivity contribution in [1.29, 1.82) is 0 Å². The van der Waals surface area contributed by atoms with Gasteiger partial charge in [0.25, 0.3) is 5.91 Å². The first-order valence-electron chi connectivity index (χ1n) is 11.2. The van der Waals surface area contributed by atoms with Gasteiger partial charge in [0.05, 0.1) is 0 Å². The number of aliphatic hydroxyl groups is 1. The van der Waals surface area contributed by atoms with Crippen LogP contribution in [0.15, 0.2) is 66.7 Å². The van der Waals surface area contributed by atoms with Crippen molar-refractivity contribution < 1.29 is 19.8 Å². The molecule has 0 heterocycles. The molecule has 1 amide bonds. The summed E-state index contributed by atoms with van der Waals surface area (Å²) >= 11 is 0. The summed E-state index contributed by atoms with van der Waals surface area (Å²) in [5.41, 5.74) is 2.98. The van der Waals surface area contributed by atoms with Crippen molar-refractivity contribution in [2.24, 2.45) is 0 Å². The van der Waals surface area contributed by atoms with Crippen molar-refractivity contribution in [1.82, 2.24) is 5.32 Å². The monoisotopic (exact) mass is 433 g/mol. The average Bonchev–Trinajstić information content (AvgIpc) is 2.81. The largest absolute Gasteiger partial charge is 0.480 e. The summed E-state index contributed by atoms with van der Waals surface area (Å²) in [6, 6.07) is 21.2. The van der Waals surface area contributed by atoms with Crippen LogP contribution in [-0.4, -0.2) is 34.7 Å². The van der Waals surface area contributed by atoms with Gasteiger partial charge in [-0.15, -0.1) is 0 Å². The molecule has 5 heteroatoms. The van der Waals surface area contributed by atoms with Crippen LogP contribution in [0.5, 0.6) is 0 Å². The number of benzene rings is 3. The number of carbonyl (C=O) groups is 2. The molecule has 0 aliphatic rings. The second-order valence-electron chi connectivity index (χ2n) is 8.29. The Hall–Kier alpha value is -3.18. The van der Waals surface area contributed by atoms with E-state index < -0.39 is 17.9 Å². The standard InChI is InChI=1S/C27H31NO4/c1-19(23-12-6-10-21-9-4-5-11-24(21)23)7-2-3-8-20-13-15-22(16-14-20)26(30)28-25(17-18-29)27(31)32/h4-6,9-16,19,25,29H,2-3,7-8,17-18H2,1H3,(H,28,30)(H,31,32)/t19-,25+/m0/s1. The van der Waals surface area contributed by atoms with Crippen molar-refractivity contribution in [3.8, 4) is 0 Å². The number of unbranched alkanes of at least 4 members (excludes halogenated alkanes) is 1. The minimum absolute atomic E-state index is 0.0175. The van der Waals surface area contributed by atoms with Gasteiger partial charge in [-0.2, -0.15) is 0 Å². The molecule has 0 saturated heterocycles. The number of carboxylic acids is 1. The smallest absolute Gasteiger partial charge is 0.326 e. The summed E-state index contributed by atoms with van der Waals surface area (Å²) in [5, 5.41) is 23.1. The van der Waals surface area contributed by atoms with Crippen LogP contribution >= 0.6 is 0 Å². The third-order valence-electron chi connectivity index (χ3n) is 5.94. The lowest BCUT2D eigenvalue weighted by Gasteiger charge is -2.15. The molecule has 3 rings (SSSR count). The molecule has 0 fully saturated rings. The van der Waals surface area contributed by atoms with Gasteiger partial charge >= 0.3 is 5.97 Å². The number of carbonyl (C=O) groups excluding carboxylic acids is 1. The van der Waals surface area contributed by atoms with E-state index in [1.165, 1.54) is 16.3 Å². The summed E-state index contributed by atoms with van der Waals surface area (Å²) in [6.45, 7) is 1.99. The number of aliphatic hydroxyl groups excluding tert-OH is 1. The highest BCUT2D eigenvalue weighted by Gasteiger charge is 2.19. The fourth-order valence-electron chi connectivity index (χ4n) is 4.07. The van der Waals surface area contributed by atoms with Crippen LogP contribution in [-0.2, 0) is 11.2 Å². The highest BCUT2D eigenvalue weighted by molar-refractivity contribution is 5.96. The molecule has 0 spiro atoms. The van der Waals surface area contributed by atoms with E-state index in [2.05, 4.69) is 54.7 Å². The van der Waals surface area contributed by atoms with E-state index >= 15 is 0 Å². The van der Waals surface area contributed by atoms with Gasteiger partial charge in [0.2, 0.25) is 0 Å². The number of aliphatic carboxylic acids is 1. The van der Waals surface area contributed by atoms with Crippen molar-refractivity contribution in [2.75, 3.05) is 6.61 Å². The number of aryl methyl sites for hydroxylation is 1. The Morgan fingerprint density at radius 1 is 0.906 bits per heavy atom. The predicted octanol–water partition coefficient (Wildman–Crippen LogP) is 4.92. The maximum absolute atomic E-state index is 12.3. The van der Waals surface area contributed by atoms with Crippen LogP contribution in [0.25, 0.3) is 10.8 Å². The molecule has 3 aromatic rings. The molecule has 5 nitrogen and oxygen atoms in total. The van der Waals surface area contributed by atoms with E-state index in [9.17, 15) is 9.59 Å². The minimum Gasteiger partial charge on any atom is -0.480 e. The van der Waals surface area contributed by atoms with Gasteiger partial charge in [0, 0.05) is 18.6 Å². The van der Waals surface area contributed by atoms with Crippen molar-refractivity contribution in [2.45, 2.75) is 51.0 Å². The summed E-state index contributed by atoms with van der Waals surface area (Å²) in [7, 11) is 0. The highest BCUT2D eigenvalue weighted by atomic mass is 16.4. The van der Waals surface area contributed by atoms with Crippen LogP contribution in [0.2, 0.25) is 0 Å². The van der Waals surface area contributed by atoms with E-state index in [-0.39, 0.29) is 13.0 Å². The molecule has 0 aliphatic heterocycles. The van der Waals surface area contributed by atoms with E-state index in [1.54, 1.807) is 12.1 Å². The normalized spacial score (nSPS) is 12.9. The Morgan fingerprint density at radius 2 is 1.62 bits per heavy atom.